The minimum atomic E-state index is -1.27. The second-order valence-corrected chi connectivity index (χ2v) is 6.63. The number of likely N-dealkylation sites (N-methyl/N-ethyl adjacent to an activating group) is 2. The number of carboxylic acids is 1. The first-order chi connectivity index (χ1) is 13.4. The molecule has 0 aromatic heterocycles. The van der Waals surface area contributed by atoms with Crippen molar-refractivity contribution in [3.63, 3.8) is 0 Å². The first kappa shape index (κ1) is 21.5. The lowest BCUT2D eigenvalue weighted by atomic mass is 10.1. The van der Waals surface area contributed by atoms with Crippen LogP contribution in [0.15, 0.2) is 30.3 Å². The van der Waals surface area contributed by atoms with E-state index in [1.807, 2.05) is 6.07 Å². The number of amides is 3. The fourth-order valence-electron chi connectivity index (χ4n) is 2.70. The Kier molecular flexibility index (Phi) is 8.06. The molecule has 1 aliphatic rings. The number of ether oxygens (including phenoxy) is 2. The van der Waals surface area contributed by atoms with Gasteiger partial charge < -0.3 is 29.3 Å². The number of hydrogen-bond acceptors (Lipinski definition) is 5. The molecule has 9 heteroatoms. The summed E-state index contributed by atoms with van der Waals surface area (Å²) in [5.74, 6) is -1.20. The van der Waals surface area contributed by atoms with Gasteiger partial charge in [0.2, 0.25) is 6.10 Å². The van der Waals surface area contributed by atoms with E-state index in [1.54, 1.807) is 36.2 Å². The number of aliphatic carboxylic acids is 1. The van der Waals surface area contributed by atoms with Crippen LogP contribution in [-0.4, -0.2) is 97.5 Å². The molecule has 0 spiro atoms. The van der Waals surface area contributed by atoms with Crippen LogP contribution in [0.5, 0.6) is 0 Å². The monoisotopic (exact) mass is 393 g/mol. The Morgan fingerprint density at radius 3 is 2.32 bits per heavy atom. The van der Waals surface area contributed by atoms with Crippen molar-refractivity contribution in [3.8, 4) is 0 Å². The minimum absolute atomic E-state index is 0.0885. The van der Waals surface area contributed by atoms with Crippen LogP contribution in [-0.2, 0) is 20.7 Å². The Bertz CT molecular complexity index is 663. The van der Waals surface area contributed by atoms with Crippen LogP contribution in [0.2, 0.25) is 0 Å². The van der Waals surface area contributed by atoms with Gasteiger partial charge in [-0.05, 0) is 5.56 Å². The maximum absolute atomic E-state index is 12.3. The van der Waals surface area contributed by atoms with Crippen molar-refractivity contribution in [2.24, 2.45) is 0 Å². The second-order valence-electron chi connectivity index (χ2n) is 6.63. The highest BCUT2D eigenvalue weighted by atomic mass is 16.6. The number of carbonyl (C=O) groups excluding carboxylic acids is 2. The average molecular weight is 393 g/mol. The molecular formula is C19H27N3O6. The number of carboxylic acid groups (broad SMARTS) is 1. The van der Waals surface area contributed by atoms with Crippen molar-refractivity contribution >= 4 is 18.1 Å². The van der Waals surface area contributed by atoms with Crippen LogP contribution in [0, 0.1) is 0 Å². The summed E-state index contributed by atoms with van der Waals surface area (Å²) in [5.41, 5.74) is 0.765. The largest absolute Gasteiger partial charge is 0.478 e. The first-order valence-electron chi connectivity index (χ1n) is 9.14. The average Bonchev–Trinajstić information content (AvgIpc) is 2.71. The Hall–Kier alpha value is -2.81. The topological polar surface area (TPSA) is 99.6 Å². The third-order valence-electron chi connectivity index (χ3n) is 4.47. The standard InChI is InChI=1S/C19H27N3O6/c1-20(18(25)22-10-12-27-13-11-22)8-9-21(2)19(26)28-16(17(23)24)14-15-6-4-3-5-7-15/h3-7,16H,8-14H2,1-2H3,(H,23,24)/t16-/m0/s1. The van der Waals surface area contributed by atoms with Gasteiger partial charge in [-0.2, -0.15) is 0 Å². The summed E-state index contributed by atoms with van der Waals surface area (Å²) in [7, 11) is 3.17. The van der Waals surface area contributed by atoms with Gasteiger partial charge in [-0.15, -0.1) is 0 Å². The highest BCUT2D eigenvalue weighted by Crippen LogP contribution is 2.08. The van der Waals surface area contributed by atoms with Crippen LogP contribution >= 0.6 is 0 Å². The molecule has 1 atom stereocenters. The van der Waals surface area contributed by atoms with E-state index in [9.17, 15) is 19.5 Å². The highest BCUT2D eigenvalue weighted by molar-refractivity contribution is 5.77. The molecule has 154 valence electrons. The second kappa shape index (κ2) is 10.5. The van der Waals surface area contributed by atoms with E-state index < -0.39 is 18.2 Å². The molecule has 0 radical (unpaired) electrons. The van der Waals surface area contributed by atoms with Crippen LogP contribution in [0.25, 0.3) is 0 Å². The smallest absolute Gasteiger partial charge is 0.410 e. The van der Waals surface area contributed by atoms with E-state index >= 15 is 0 Å². The summed E-state index contributed by atoms with van der Waals surface area (Å²) in [6, 6.07) is 8.85. The van der Waals surface area contributed by atoms with Crippen LogP contribution in [0.1, 0.15) is 5.56 Å². The number of morpholine rings is 1. The van der Waals surface area contributed by atoms with E-state index in [2.05, 4.69) is 0 Å². The van der Waals surface area contributed by atoms with Gasteiger partial charge in [0, 0.05) is 46.7 Å². The van der Waals surface area contributed by atoms with Gasteiger partial charge in [-0.1, -0.05) is 30.3 Å². The number of benzene rings is 1. The quantitative estimate of drug-likeness (QED) is 0.746. The van der Waals surface area contributed by atoms with Gasteiger partial charge in [-0.3, -0.25) is 0 Å². The van der Waals surface area contributed by atoms with Crippen LogP contribution in [0.3, 0.4) is 0 Å². The summed E-state index contributed by atoms with van der Waals surface area (Å²) < 4.78 is 10.4. The predicted molar refractivity (Wildman–Crippen MR) is 101 cm³/mol. The van der Waals surface area contributed by atoms with Gasteiger partial charge in [0.1, 0.15) is 0 Å². The van der Waals surface area contributed by atoms with E-state index in [-0.39, 0.29) is 19.0 Å². The molecule has 3 amide bonds. The number of hydrogen-bond donors (Lipinski definition) is 1. The number of carbonyl (C=O) groups is 3. The summed E-state index contributed by atoms with van der Waals surface area (Å²) in [4.78, 5) is 40.5. The lowest BCUT2D eigenvalue weighted by molar-refractivity contribution is -0.147. The number of rotatable bonds is 7. The molecule has 0 bridgehead atoms. The number of nitrogens with zero attached hydrogens (tertiary/aromatic N) is 3. The van der Waals surface area contributed by atoms with Crippen molar-refractivity contribution in [2.75, 3.05) is 53.5 Å². The number of urea groups is 1. The summed E-state index contributed by atoms with van der Waals surface area (Å²) in [5, 5.41) is 9.34. The summed E-state index contributed by atoms with van der Waals surface area (Å²) >= 11 is 0. The first-order valence-corrected chi connectivity index (χ1v) is 9.14. The normalized spacial score (nSPS) is 14.9. The van der Waals surface area contributed by atoms with Crippen molar-refractivity contribution in [1.82, 2.24) is 14.7 Å². The Morgan fingerprint density at radius 2 is 1.71 bits per heavy atom. The van der Waals surface area contributed by atoms with Gasteiger partial charge in [-0.25, -0.2) is 14.4 Å². The Morgan fingerprint density at radius 1 is 1.11 bits per heavy atom. The molecule has 0 saturated carbocycles. The van der Waals surface area contributed by atoms with Gasteiger partial charge in [0.15, 0.2) is 0 Å². The maximum atomic E-state index is 12.3. The van der Waals surface area contributed by atoms with E-state index in [0.717, 1.165) is 5.56 Å². The highest BCUT2D eigenvalue weighted by Gasteiger charge is 2.25. The zero-order chi connectivity index (χ0) is 20.5. The molecule has 1 fully saturated rings. The van der Waals surface area contributed by atoms with Gasteiger partial charge >= 0.3 is 18.1 Å². The molecule has 0 unspecified atom stereocenters. The van der Waals surface area contributed by atoms with Gasteiger partial charge in [0.25, 0.3) is 0 Å². The zero-order valence-electron chi connectivity index (χ0n) is 16.2. The van der Waals surface area contributed by atoms with Crippen LogP contribution < -0.4 is 0 Å². The molecule has 28 heavy (non-hydrogen) atoms. The summed E-state index contributed by atoms with van der Waals surface area (Å²) in [6.07, 6.45) is -1.92. The molecule has 1 saturated heterocycles. The van der Waals surface area contributed by atoms with E-state index in [1.165, 1.54) is 16.8 Å². The van der Waals surface area contributed by atoms with Crippen molar-refractivity contribution in [2.45, 2.75) is 12.5 Å². The molecule has 1 aromatic rings. The molecule has 1 aliphatic heterocycles. The Balaban J connectivity index is 1.81. The minimum Gasteiger partial charge on any atom is -0.478 e. The molecule has 1 aromatic carbocycles. The molecule has 1 heterocycles. The molecular weight excluding hydrogens is 366 g/mol. The SMILES string of the molecule is CN(CCN(C)C(=O)N1CCOCC1)C(=O)O[C@@H](Cc1ccccc1)C(=O)O. The molecule has 0 aliphatic carbocycles. The lowest BCUT2D eigenvalue weighted by Crippen LogP contribution is -2.48. The predicted octanol–water partition coefficient (Wildman–Crippen LogP) is 1.13. The maximum Gasteiger partial charge on any atom is 0.410 e. The molecule has 9 nitrogen and oxygen atoms in total. The lowest BCUT2D eigenvalue weighted by Gasteiger charge is -2.31. The Labute approximate surface area is 164 Å². The molecule has 1 N–H and O–H groups in total. The third-order valence-corrected chi connectivity index (χ3v) is 4.47. The molecule has 2 rings (SSSR count). The third kappa shape index (κ3) is 6.41. The van der Waals surface area contributed by atoms with Crippen molar-refractivity contribution in [3.05, 3.63) is 35.9 Å². The van der Waals surface area contributed by atoms with Crippen molar-refractivity contribution in [1.29, 1.82) is 0 Å². The van der Waals surface area contributed by atoms with Crippen LogP contribution in [0.4, 0.5) is 9.59 Å². The zero-order valence-corrected chi connectivity index (χ0v) is 16.2. The van der Waals surface area contributed by atoms with E-state index in [0.29, 0.717) is 32.8 Å². The fraction of sp³-hybridized carbons (Fsp3) is 0.526. The fourth-order valence-corrected chi connectivity index (χ4v) is 2.70. The van der Waals surface area contributed by atoms with Gasteiger partial charge in [0.05, 0.1) is 13.2 Å². The van der Waals surface area contributed by atoms with E-state index in [4.69, 9.17) is 9.47 Å². The van der Waals surface area contributed by atoms with Crippen molar-refractivity contribution < 1.29 is 29.0 Å². The summed E-state index contributed by atoms with van der Waals surface area (Å²) in [6.45, 7) is 2.65.